The molecule has 90 valence electrons. The third kappa shape index (κ3) is 1.83. The van der Waals surface area contributed by atoms with Crippen molar-refractivity contribution in [2.24, 2.45) is 5.73 Å². The first-order valence-electron chi connectivity index (χ1n) is 5.41. The molecule has 2 saturated heterocycles. The molecule has 2 aliphatic heterocycles. The van der Waals surface area contributed by atoms with Crippen LogP contribution < -0.4 is 5.73 Å². The number of carbonyl (C=O) groups is 2. The number of hydrogen-bond acceptors (Lipinski definition) is 5. The third-order valence-electron chi connectivity index (χ3n) is 3.23. The first-order valence-corrected chi connectivity index (χ1v) is 5.41. The van der Waals surface area contributed by atoms with Gasteiger partial charge in [-0.3, -0.25) is 14.5 Å². The number of morpholine rings is 1. The molecule has 0 aromatic heterocycles. The van der Waals surface area contributed by atoms with Crippen LogP contribution in [0.4, 0.5) is 0 Å². The lowest BCUT2D eigenvalue weighted by atomic mass is 9.87. The first kappa shape index (κ1) is 11.5. The van der Waals surface area contributed by atoms with Gasteiger partial charge in [0.2, 0.25) is 0 Å². The Balaban J connectivity index is 2.23. The average molecular weight is 228 g/mol. The van der Waals surface area contributed by atoms with E-state index in [0.717, 1.165) is 0 Å². The van der Waals surface area contributed by atoms with Crippen LogP contribution in [0, 0.1) is 0 Å². The predicted molar refractivity (Wildman–Crippen MR) is 54.5 cm³/mol. The maximum Gasteiger partial charge on any atom is 0.255 e. The van der Waals surface area contributed by atoms with Gasteiger partial charge in [-0.2, -0.15) is 0 Å². The monoisotopic (exact) mass is 228 g/mol. The summed E-state index contributed by atoms with van der Waals surface area (Å²) in [5.41, 5.74) is 5.19. The summed E-state index contributed by atoms with van der Waals surface area (Å²) in [6.07, 6.45) is 1.22. The Morgan fingerprint density at radius 2 is 1.69 bits per heavy atom. The summed E-state index contributed by atoms with van der Waals surface area (Å²) in [4.78, 5) is 24.8. The van der Waals surface area contributed by atoms with Crippen LogP contribution in [0.15, 0.2) is 0 Å². The van der Waals surface area contributed by atoms with Crippen molar-refractivity contribution in [3.05, 3.63) is 0 Å². The van der Waals surface area contributed by atoms with E-state index in [1.807, 2.05) is 0 Å². The van der Waals surface area contributed by atoms with E-state index in [-0.39, 0.29) is 31.6 Å². The minimum Gasteiger partial charge on any atom is -0.381 e. The smallest absolute Gasteiger partial charge is 0.255 e. The summed E-state index contributed by atoms with van der Waals surface area (Å²) in [6, 6.07) is 0. The van der Waals surface area contributed by atoms with Crippen LogP contribution in [0.1, 0.15) is 12.8 Å². The summed E-state index contributed by atoms with van der Waals surface area (Å²) < 4.78 is 10.1. The lowest BCUT2D eigenvalue weighted by Gasteiger charge is -2.45. The summed E-state index contributed by atoms with van der Waals surface area (Å²) in [6.45, 7) is 1.29. The van der Waals surface area contributed by atoms with E-state index in [0.29, 0.717) is 26.1 Å². The average Bonchev–Trinajstić information content (AvgIpc) is 2.30. The van der Waals surface area contributed by atoms with E-state index in [2.05, 4.69) is 0 Å². The Bertz CT molecular complexity index is 283. The van der Waals surface area contributed by atoms with Gasteiger partial charge in [0.15, 0.2) is 0 Å². The molecule has 2 amide bonds. The summed E-state index contributed by atoms with van der Waals surface area (Å²) >= 11 is 0. The highest BCUT2D eigenvalue weighted by Crippen LogP contribution is 2.28. The molecule has 2 aliphatic rings. The minimum absolute atomic E-state index is 0.0334. The second-order valence-corrected chi connectivity index (χ2v) is 4.16. The first-order chi connectivity index (χ1) is 7.69. The van der Waals surface area contributed by atoms with E-state index in [1.54, 1.807) is 0 Å². The van der Waals surface area contributed by atoms with Gasteiger partial charge in [0, 0.05) is 19.8 Å². The Morgan fingerprint density at radius 3 is 2.19 bits per heavy atom. The van der Waals surface area contributed by atoms with Crippen LogP contribution in [0.2, 0.25) is 0 Å². The molecule has 2 heterocycles. The molecular formula is C10H16N2O4. The maximum atomic E-state index is 11.8. The summed E-state index contributed by atoms with van der Waals surface area (Å²) in [5.74, 6) is -0.577. The molecule has 0 saturated carbocycles. The highest BCUT2D eigenvalue weighted by molar-refractivity contribution is 5.99. The van der Waals surface area contributed by atoms with Crippen LogP contribution in [0.25, 0.3) is 0 Å². The lowest BCUT2D eigenvalue weighted by molar-refractivity contribution is -0.170. The van der Waals surface area contributed by atoms with Gasteiger partial charge in [-0.1, -0.05) is 0 Å². The number of hydrogen-bond donors (Lipinski definition) is 1. The van der Waals surface area contributed by atoms with Gasteiger partial charge >= 0.3 is 0 Å². The van der Waals surface area contributed by atoms with Crippen LogP contribution in [0.3, 0.4) is 0 Å². The molecule has 6 heteroatoms. The lowest BCUT2D eigenvalue weighted by Crippen LogP contribution is -2.64. The van der Waals surface area contributed by atoms with Crippen molar-refractivity contribution >= 4 is 11.8 Å². The standard InChI is InChI=1S/C10H16N2O4/c11-7-10(1-3-15-4-2-10)12-8(13)5-16-6-9(12)14/h1-7,11H2. The summed E-state index contributed by atoms with van der Waals surface area (Å²) in [7, 11) is 0. The van der Waals surface area contributed by atoms with Gasteiger partial charge in [0.1, 0.15) is 13.2 Å². The predicted octanol–water partition coefficient (Wildman–Crippen LogP) is -1.12. The summed E-state index contributed by atoms with van der Waals surface area (Å²) in [5, 5.41) is 0. The fourth-order valence-corrected chi connectivity index (χ4v) is 2.29. The molecule has 0 unspecified atom stereocenters. The molecule has 6 nitrogen and oxygen atoms in total. The number of amides is 2. The van der Waals surface area contributed by atoms with E-state index < -0.39 is 5.54 Å². The zero-order valence-corrected chi connectivity index (χ0v) is 9.11. The molecule has 2 N–H and O–H groups in total. The molecular weight excluding hydrogens is 212 g/mol. The van der Waals surface area contributed by atoms with Crippen molar-refractivity contribution in [1.82, 2.24) is 4.90 Å². The van der Waals surface area contributed by atoms with Gasteiger partial charge in [0.05, 0.1) is 5.54 Å². The van der Waals surface area contributed by atoms with Crippen molar-refractivity contribution in [2.75, 3.05) is 33.0 Å². The molecule has 16 heavy (non-hydrogen) atoms. The molecule has 2 rings (SSSR count). The highest BCUT2D eigenvalue weighted by Gasteiger charge is 2.45. The van der Waals surface area contributed by atoms with Crippen LogP contribution in [0.5, 0.6) is 0 Å². The fraction of sp³-hybridized carbons (Fsp3) is 0.800. The van der Waals surface area contributed by atoms with Crippen LogP contribution >= 0.6 is 0 Å². The van der Waals surface area contributed by atoms with Gasteiger partial charge in [-0.15, -0.1) is 0 Å². The molecule has 0 spiro atoms. The Kier molecular flexibility index (Phi) is 3.22. The van der Waals surface area contributed by atoms with Crippen LogP contribution in [-0.4, -0.2) is 55.2 Å². The highest BCUT2D eigenvalue weighted by atomic mass is 16.5. The number of ether oxygens (including phenoxy) is 2. The van der Waals surface area contributed by atoms with E-state index in [4.69, 9.17) is 15.2 Å². The fourth-order valence-electron chi connectivity index (χ4n) is 2.29. The van der Waals surface area contributed by atoms with Gasteiger partial charge < -0.3 is 15.2 Å². The molecule has 0 aliphatic carbocycles. The minimum atomic E-state index is -0.559. The van der Waals surface area contributed by atoms with Crippen LogP contribution in [-0.2, 0) is 19.1 Å². The largest absolute Gasteiger partial charge is 0.381 e. The normalized spacial score (nSPS) is 25.9. The van der Waals surface area contributed by atoms with E-state index in [9.17, 15) is 9.59 Å². The molecule has 0 aromatic carbocycles. The number of carbonyl (C=O) groups excluding carboxylic acids is 2. The van der Waals surface area contributed by atoms with Crippen molar-refractivity contribution in [1.29, 1.82) is 0 Å². The zero-order valence-electron chi connectivity index (χ0n) is 9.11. The Labute approximate surface area is 93.7 Å². The Hall–Kier alpha value is -0.980. The van der Waals surface area contributed by atoms with Crippen molar-refractivity contribution in [2.45, 2.75) is 18.4 Å². The molecule has 0 bridgehead atoms. The molecule has 0 atom stereocenters. The number of rotatable bonds is 2. The van der Waals surface area contributed by atoms with Gasteiger partial charge in [-0.25, -0.2) is 0 Å². The molecule has 2 fully saturated rings. The topological polar surface area (TPSA) is 81.9 Å². The zero-order chi connectivity index (χ0) is 11.6. The Morgan fingerprint density at radius 1 is 1.12 bits per heavy atom. The second kappa shape index (κ2) is 4.48. The SMILES string of the molecule is NCC1(N2C(=O)COCC2=O)CCOCC1. The number of imide groups is 1. The van der Waals surface area contributed by atoms with Gasteiger partial charge in [0.25, 0.3) is 11.8 Å². The van der Waals surface area contributed by atoms with Gasteiger partial charge in [-0.05, 0) is 12.8 Å². The third-order valence-corrected chi connectivity index (χ3v) is 3.23. The number of nitrogens with two attached hydrogens (primary N) is 1. The van der Waals surface area contributed by atoms with Crippen molar-refractivity contribution in [3.8, 4) is 0 Å². The quantitative estimate of drug-likeness (QED) is 0.605. The second-order valence-electron chi connectivity index (χ2n) is 4.16. The van der Waals surface area contributed by atoms with E-state index in [1.165, 1.54) is 4.90 Å². The van der Waals surface area contributed by atoms with Crippen molar-refractivity contribution < 1.29 is 19.1 Å². The molecule has 0 aromatic rings. The van der Waals surface area contributed by atoms with Crippen molar-refractivity contribution in [3.63, 3.8) is 0 Å². The maximum absolute atomic E-state index is 11.8. The molecule has 0 radical (unpaired) electrons. The number of nitrogens with zero attached hydrogens (tertiary/aromatic N) is 1. The van der Waals surface area contributed by atoms with E-state index >= 15 is 0 Å².